The molecule has 0 aliphatic rings. The van der Waals surface area contributed by atoms with E-state index in [0.29, 0.717) is 11.3 Å². The van der Waals surface area contributed by atoms with E-state index in [1.165, 1.54) is 5.56 Å². The molecule has 104 valence electrons. The van der Waals surface area contributed by atoms with Crippen LogP contribution in [0.3, 0.4) is 0 Å². The molecule has 0 bridgehead atoms. The topological polar surface area (TPSA) is 55.1 Å². The van der Waals surface area contributed by atoms with Gasteiger partial charge in [-0.15, -0.1) is 0 Å². The molecule has 3 nitrogen and oxygen atoms in total. The first-order valence-corrected chi connectivity index (χ1v) is 7.19. The first-order chi connectivity index (χ1) is 9.47. The number of benzene rings is 2. The van der Waals surface area contributed by atoms with E-state index < -0.39 is 0 Å². The Bertz CT molecular complexity index is 640. The van der Waals surface area contributed by atoms with Crippen LogP contribution in [0.25, 0.3) is 0 Å². The molecular weight excluding hydrogens is 316 g/mol. The van der Waals surface area contributed by atoms with Crippen LogP contribution in [0.15, 0.2) is 46.9 Å². The van der Waals surface area contributed by atoms with E-state index in [2.05, 4.69) is 27.3 Å². The van der Waals surface area contributed by atoms with Crippen LogP contribution in [0.2, 0.25) is 0 Å². The molecule has 0 spiro atoms. The highest BCUT2D eigenvalue weighted by atomic mass is 79.9. The van der Waals surface area contributed by atoms with E-state index in [-0.39, 0.29) is 11.9 Å². The lowest BCUT2D eigenvalue weighted by molar-refractivity contribution is 0.0940. The van der Waals surface area contributed by atoms with Gasteiger partial charge in [0.15, 0.2) is 0 Å². The summed E-state index contributed by atoms with van der Waals surface area (Å²) in [7, 11) is 0. The molecule has 0 saturated heterocycles. The molecule has 0 aliphatic carbocycles. The molecule has 4 heteroatoms. The van der Waals surface area contributed by atoms with E-state index >= 15 is 0 Å². The van der Waals surface area contributed by atoms with Crippen molar-refractivity contribution in [2.24, 2.45) is 0 Å². The zero-order valence-electron chi connectivity index (χ0n) is 11.5. The number of nitrogens with one attached hydrogen (secondary N) is 1. The van der Waals surface area contributed by atoms with Gasteiger partial charge in [-0.3, -0.25) is 4.79 Å². The number of anilines is 1. The largest absolute Gasteiger partial charge is 0.398 e. The van der Waals surface area contributed by atoms with Crippen molar-refractivity contribution in [3.63, 3.8) is 0 Å². The summed E-state index contributed by atoms with van der Waals surface area (Å²) in [6.07, 6.45) is 0. The molecule has 0 aromatic heterocycles. The average Bonchev–Trinajstić information content (AvgIpc) is 2.41. The summed E-state index contributed by atoms with van der Waals surface area (Å²) in [6, 6.07) is 13.3. The quantitative estimate of drug-likeness (QED) is 0.839. The summed E-state index contributed by atoms with van der Waals surface area (Å²) >= 11 is 3.35. The zero-order chi connectivity index (χ0) is 14.7. The van der Waals surface area contributed by atoms with Gasteiger partial charge in [0.1, 0.15) is 0 Å². The summed E-state index contributed by atoms with van der Waals surface area (Å²) in [5.41, 5.74) is 9.05. The Morgan fingerprint density at radius 1 is 1.25 bits per heavy atom. The second-order valence-electron chi connectivity index (χ2n) is 4.84. The molecule has 2 aromatic rings. The minimum atomic E-state index is -0.169. The van der Waals surface area contributed by atoms with Crippen molar-refractivity contribution >= 4 is 27.5 Å². The van der Waals surface area contributed by atoms with Gasteiger partial charge >= 0.3 is 0 Å². The third-order valence-electron chi connectivity index (χ3n) is 3.15. The minimum absolute atomic E-state index is 0.0687. The maximum absolute atomic E-state index is 12.3. The van der Waals surface area contributed by atoms with Gasteiger partial charge in [0.05, 0.1) is 11.6 Å². The third-order valence-corrected chi connectivity index (χ3v) is 3.64. The molecule has 0 aliphatic heterocycles. The van der Waals surface area contributed by atoms with Gasteiger partial charge < -0.3 is 11.1 Å². The Morgan fingerprint density at radius 3 is 2.70 bits per heavy atom. The number of amides is 1. The van der Waals surface area contributed by atoms with Crippen molar-refractivity contribution in [1.29, 1.82) is 0 Å². The summed E-state index contributed by atoms with van der Waals surface area (Å²) in [5, 5.41) is 2.97. The zero-order valence-corrected chi connectivity index (χ0v) is 13.1. The highest BCUT2D eigenvalue weighted by molar-refractivity contribution is 9.10. The number of carbonyl (C=O) groups is 1. The number of carbonyl (C=O) groups excluding carboxylic acids is 1. The van der Waals surface area contributed by atoms with Gasteiger partial charge in [-0.1, -0.05) is 45.8 Å². The number of nitrogens with two attached hydrogens (primary N) is 1. The molecule has 0 unspecified atom stereocenters. The maximum atomic E-state index is 12.3. The number of aryl methyl sites for hydroxylation is 1. The molecule has 1 amide bonds. The van der Waals surface area contributed by atoms with Crippen molar-refractivity contribution in [3.05, 3.63) is 63.6 Å². The fourth-order valence-corrected chi connectivity index (χ4v) is 2.38. The Labute approximate surface area is 127 Å². The van der Waals surface area contributed by atoms with Crippen LogP contribution in [0.4, 0.5) is 5.69 Å². The Hall–Kier alpha value is -1.81. The van der Waals surface area contributed by atoms with E-state index in [9.17, 15) is 4.79 Å². The molecule has 0 saturated carbocycles. The third kappa shape index (κ3) is 3.39. The van der Waals surface area contributed by atoms with Gasteiger partial charge in [0, 0.05) is 10.2 Å². The highest BCUT2D eigenvalue weighted by Crippen LogP contribution is 2.20. The molecule has 3 N–H and O–H groups in total. The fraction of sp³-hybridized carbons (Fsp3) is 0.188. The SMILES string of the molecule is Cc1cccc([C@H](C)NC(=O)c2cc(Br)ccc2N)c1. The van der Waals surface area contributed by atoms with Crippen LogP contribution in [0.5, 0.6) is 0 Å². The first kappa shape index (κ1) is 14.6. The van der Waals surface area contributed by atoms with Crippen molar-refractivity contribution in [1.82, 2.24) is 5.32 Å². The smallest absolute Gasteiger partial charge is 0.253 e. The average molecular weight is 333 g/mol. The van der Waals surface area contributed by atoms with Crippen LogP contribution in [-0.2, 0) is 0 Å². The fourth-order valence-electron chi connectivity index (χ4n) is 2.02. The van der Waals surface area contributed by atoms with Crippen LogP contribution < -0.4 is 11.1 Å². The molecule has 0 radical (unpaired) electrons. The summed E-state index contributed by atoms with van der Waals surface area (Å²) in [5.74, 6) is -0.169. The van der Waals surface area contributed by atoms with E-state index in [1.807, 2.05) is 38.1 Å². The Morgan fingerprint density at radius 2 is 2.00 bits per heavy atom. The number of hydrogen-bond acceptors (Lipinski definition) is 2. The Kier molecular flexibility index (Phi) is 4.45. The molecule has 2 aromatic carbocycles. The molecule has 2 rings (SSSR count). The molecule has 20 heavy (non-hydrogen) atoms. The monoisotopic (exact) mass is 332 g/mol. The lowest BCUT2D eigenvalue weighted by atomic mass is 10.1. The number of rotatable bonds is 3. The predicted molar refractivity (Wildman–Crippen MR) is 85.6 cm³/mol. The molecule has 0 fully saturated rings. The first-order valence-electron chi connectivity index (χ1n) is 6.40. The normalized spacial score (nSPS) is 11.9. The van der Waals surface area contributed by atoms with Gasteiger partial charge in [0.25, 0.3) is 5.91 Å². The second kappa shape index (κ2) is 6.09. The lowest BCUT2D eigenvalue weighted by Crippen LogP contribution is -2.27. The summed E-state index contributed by atoms with van der Waals surface area (Å²) < 4.78 is 0.833. The standard InChI is InChI=1S/C16H17BrN2O/c1-10-4-3-5-12(8-10)11(2)19-16(20)14-9-13(17)6-7-15(14)18/h3-9,11H,18H2,1-2H3,(H,19,20)/t11-/m0/s1. The van der Waals surface area contributed by atoms with Gasteiger partial charge in [0.2, 0.25) is 0 Å². The number of hydrogen-bond donors (Lipinski definition) is 2. The van der Waals surface area contributed by atoms with Crippen molar-refractivity contribution in [2.75, 3.05) is 5.73 Å². The van der Waals surface area contributed by atoms with Crippen LogP contribution in [0.1, 0.15) is 34.5 Å². The van der Waals surface area contributed by atoms with Crippen LogP contribution >= 0.6 is 15.9 Å². The summed E-state index contributed by atoms with van der Waals surface area (Å²) in [6.45, 7) is 3.99. The molecule has 0 heterocycles. The van der Waals surface area contributed by atoms with E-state index in [0.717, 1.165) is 10.0 Å². The van der Waals surface area contributed by atoms with Crippen LogP contribution in [-0.4, -0.2) is 5.91 Å². The number of halogens is 1. The van der Waals surface area contributed by atoms with Crippen LogP contribution in [0, 0.1) is 6.92 Å². The van der Waals surface area contributed by atoms with E-state index in [4.69, 9.17) is 5.73 Å². The lowest BCUT2D eigenvalue weighted by Gasteiger charge is -2.16. The van der Waals surface area contributed by atoms with Crippen molar-refractivity contribution < 1.29 is 4.79 Å². The van der Waals surface area contributed by atoms with Gasteiger partial charge in [-0.2, -0.15) is 0 Å². The Balaban J connectivity index is 2.17. The highest BCUT2D eigenvalue weighted by Gasteiger charge is 2.14. The van der Waals surface area contributed by atoms with Gasteiger partial charge in [-0.25, -0.2) is 0 Å². The second-order valence-corrected chi connectivity index (χ2v) is 5.76. The van der Waals surface area contributed by atoms with E-state index in [1.54, 1.807) is 12.1 Å². The minimum Gasteiger partial charge on any atom is -0.398 e. The van der Waals surface area contributed by atoms with Crippen molar-refractivity contribution in [3.8, 4) is 0 Å². The summed E-state index contributed by atoms with van der Waals surface area (Å²) in [4.78, 5) is 12.3. The molecular formula is C16H17BrN2O. The molecule has 1 atom stereocenters. The van der Waals surface area contributed by atoms with Crippen molar-refractivity contribution in [2.45, 2.75) is 19.9 Å². The number of nitrogen functional groups attached to an aromatic ring is 1. The predicted octanol–water partition coefficient (Wildman–Crippen LogP) is 3.83. The van der Waals surface area contributed by atoms with Gasteiger partial charge in [-0.05, 0) is 37.6 Å². The maximum Gasteiger partial charge on any atom is 0.253 e.